The van der Waals surface area contributed by atoms with Gasteiger partial charge in [0.05, 0.1) is 0 Å². The molecule has 0 aliphatic rings. The van der Waals surface area contributed by atoms with E-state index in [4.69, 9.17) is 0 Å². The van der Waals surface area contributed by atoms with Gasteiger partial charge < -0.3 is 0 Å². The molecule has 0 saturated carbocycles. The van der Waals surface area contributed by atoms with E-state index < -0.39 is 0 Å². The molecule has 0 aromatic carbocycles. The zero-order valence-electron chi connectivity index (χ0n) is 5.18. The van der Waals surface area contributed by atoms with Gasteiger partial charge in [-0.3, -0.25) is 0 Å². The van der Waals surface area contributed by atoms with Crippen LogP contribution in [0, 0.1) is 0 Å². The van der Waals surface area contributed by atoms with Crippen LogP contribution in [0.5, 0.6) is 0 Å². The Morgan fingerprint density at radius 1 is 1.60 bits per heavy atom. The minimum atomic E-state index is 0.914. The Bertz CT molecular complexity index is 227. The summed E-state index contributed by atoms with van der Waals surface area (Å²) in [5.74, 6) is 0. The van der Waals surface area contributed by atoms with Crippen LogP contribution in [0.3, 0.4) is 0 Å². The van der Waals surface area contributed by atoms with Gasteiger partial charge in [0, 0.05) is 14.7 Å². The second-order valence-corrected chi connectivity index (χ2v) is 4.14. The lowest BCUT2D eigenvalue weighted by atomic mass is 10.4. The Hall–Kier alpha value is 0.400. The highest BCUT2D eigenvalue weighted by Crippen LogP contribution is 2.23. The largest absolute Gasteiger partial charge is 0.143 e. The average molecular weight is 282 g/mol. The molecule has 0 unspecified atom stereocenters. The molecule has 0 radical (unpaired) electrons. The van der Waals surface area contributed by atoms with Crippen LogP contribution in [0.15, 0.2) is 22.0 Å². The maximum absolute atomic E-state index is 3.44. The van der Waals surface area contributed by atoms with Crippen LogP contribution in [-0.4, -0.2) is 5.33 Å². The van der Waals surface area contributed by atoms with E-state index in [0.29, 0.717) is 0 Å². The number of allylic oxidation sites excluding steroid dienone is 1. The summed E-state index contributed by atoms with van der Waals surface area (Å²) < 4.78 is 1.18. The molecule has 0 spiro atoms. The summed E-state index contributed by atoms with van der Waals surface area (Å²) in [7, 11) is 0. The fraction of sp³-hybridized carbons (Fsp3) is 0.143. The molecule has 1 rings (SSSR count). The molecule has 0 N–H and O–H groups in total. The Labute approximate surface area is 81.2 Å². The first-order chi connectivity index (χ1) is 4.84. The topological polar surface area (TPSA) is 0 Å². The number of hydrogen-bond acceptors (Lipinski definition) is 1. The van der Waals surface area contributed by atoms with E-state index in [-0.39, 0.29) is 0 Å². The number of rotatable bonds is 2. The van der Waals surface area contributed by atoms with Crippen LogP contribution >= 0.6 is 43.2 Å². The minimum Gasteiger partial charge on any atom is -0.143 e. The molecule has 0 atom stereocenters. The summed E-state index contributed by atoms with van der Waals surface area (Å²) in [5, 5.41) is 2.98. The predicted octanol–water partition coefficient (Wildman–Crippen LogP) is 3.92. The maximum Gasteiger partial charge on any atom is 0.0409 e. The Morgan fingerprint density at radius 3 is 2.90 bits per heavy atom. The quantitative estimate of drug-likeness (QED) is 0.721. The molecule has 54 valence electrons. The van der Waals surface area contributed by atoms with Crippen LogP contribution in [0.1, 0.15) is 4.88 Å². The fourth-order valence-corrected chi connectivity index (χ4v) is 2.19. The summed E-state index contributed by atoms with van der Waals surface area (Å²) in [5.41, 5.74) is 0. The molecular formula is C7H6Br2S. The van der Waals surface area contributed by atoms with Crippen molar-refractivity contribution in [3.63, 3.8) is 0 Å². The van der Waals surface area contributed by atoms with Crippen molar-refractivity contribution >= 4 is 49.3 Å². The van der Waals surface area contributed by atoms with Gasteiger partial charge in [-0.15, -0.1) is 11.3 Å². The average Bonchev–Trinajstić information content (AvgIpc) is 2.31. The fourth-order valence-electron chi connectivity index (χ4n) is 0.576. The van der Waals surface area contributed by atoms with E-state index in [0.717, 1.165) is 5.33 Å². The predicted molar refractivity (Wildman–Crippen MR) is 54.8 cm³/mol. The minimum absolute atomic E-state index is 0.914. The third kappa shape index (κ3) is 2.22. The van der Waals surface area contributed by atoms with Crippen LogP contribution < -0.4 is 0 Å². The number of hydrogen-bond donors (Lipinski definition) is 0. The van der Waals surface area contributed by atoms with Gasteiger partial charge in [-0.1, -0.05) is 22.0 Å². The van der Waals surface area contributed by atoms with E-state index >= 15 is 0 Å². The van der Waals surface area contributed by atoms with Crippen LogP contribution in [-0.2, 0) is 0 Å². The van der Waals surface area contributed by atoms with Crippen molar-refractivity contribution < 1.29 is 0 Å². The van der Waals surface area contributed by atoms with Gasteiger partial charge in [-0.05, 0) is 33.5 Å². The third-order valence-electron chi connectivity index (χ3n) is 1.00. The molecule has 10 heavy (non-hydrogen) atoms. The molecular weight excluding hydrogens is 276 g/mol. The van der Waals surface area contributed by atoms with E-state index in [1.807, 2.05) is 0 Å². The van der Waals surface area contributed by atoms with Crippen molar-refractivity contribution in [2.24, 2.45) is 0 Å². The summed E-state index contributed by atoms with van der Waals surface area (Å²) in [4.78, 5) is 1.28. The number of halogens is 2. The molecule has 0 aliphatic heterocycles. The molecule has 0 amide bonds. The molecule has 3 heteroatoms. The van der Waals surface area contributed by atoms with E-state index in [9.17, 15) is 0 Å². The number of alkyl halides is 1. The molecule has 0 aliphatic carbocycles. The highest BCUT2D eigenvalue weighted by molar-refractivity contribution is 9.10. The molecule has 1 heterocycles. The standard InChI is InChI=1S/C7H6Br2S/c8-4-1-2-7-6(9)3-5-10-7/h1-3,5H,4H2/b2-1+. The van der Waals surface area contributed by atoms with Crippen LogP contribution in [0.25, 0.3) is 6.08 Å². The summed E-state index contributed by atoms with van der Waals surface area (Å²) >= 11 is 8.50. The SMILES string of the molecule is BrC/C=C/c1sccc1Br. The van der Waals surface area contributed by atoms with E-state index in [1.54, 1.807) is 11.3 Å². The van der Waals surface area contributed by atoms with Gasteiger partial charge in [0.15, 0.2) is 0 Å². The highest BCUT2D eigenvalue weighted by Gasteiger charge is 1.93. The van der Waals surface area contributed by atoms with Crippen molar-refractivity contribution in [3.05, 3.63) is 26.9 Å². The molecule has 0 saturated heterocycles. The molecule has 0 fully saturated rings. The van der Waals surface area contributed by atoms with Crippen molar-refractivity contribution in [2.45, 2.75) is 0 Å². The highest BCUT2D eigenvalue weighted by atomic mass is 79.9. The zero-order valence-corrected chi connectivity index (χ0v) is 9.17. The first-order valence-corrected chi connectivity index (χ1v) is 5.59. The molecule has 0 nitrogen and oxygen atoms in total. The lowest BCUT2D eigenvalue weighted by Crippen LogP contribution is -1.62. The lowest BCUT2D eigenvalue weighted by molar-refractivity contribution is 1.79. The van der Waals surface area contributed by atoms with Gasteiger partial charge in [-0.25, -0.2) is 0 Å². The second kappa shape index (κ2) is 4.31. The second-order valence-electron chi connectivity index (χ2n) is 1.69. The Balaban J connectivity index is 2.74. The van der Waals surface area contributed by atoms with Crippen molar-refractivity contribution in [3.8, 4) is 0 Å². The zero-order chi connectivity index (χ0) is 7.40. The van der Waals surface area contributed by atoms with Crippen LogP contribution in [0.4, 0.5) is 0 Å². The molecule has 0 bridgehead atoms. The first kappa shape index (κ1) is 8.50. The third-order valence-corrected chi connectivity index (χ3v) is 3.21. The van der Waals surface area contributed by atoms with Crippen LogP contribution in [0.2, 0.25) is 0 Å². The first-order valence-electron chi connectivity index (χ1n) is 2.80. The smallest absolute Gasteiger partial charge is 0.0409 e. The van der Waals surface area contributed by atoms with E-state index in [2.05, 4.69) is 55.5 Å². The lowest BCUT2D eigenvalue weighted by Gasteiger charge is -1.84. The van der Waals surface area contributed by atoms with Gasteiger partial charge in [0.25, 0.3) is 0 Å². The molecule has 1 aromatic rings. The van der Waals surface area contributed by atoms with Gasteiger partial charge >= 0.3 is 0 Å². The van der Waals surface area contributed by atoms with Gasteiger partial charge in [-0.2, -0.15) is 0 Å². The molecule has 1 aromatic heterocycles. The summed E-state index contributed by atoms with van der Waals surface area (Å²) in [6, 6.07) is 2.05. The van der Waals surface area contributed by atoms with Crippen molar-refractivity contribution in [1.29, 1.82) is 0 Å². The van der Waals surface area contributed by atoms with Crippen molar-refractivity contribution in [2.75, 3.05) is 5.33 Å². The number of thiophene rings is 1. The Morgan fingerprint density at radius 2 is 2.40 bits per heavy atom. The summed E-state index contributed by atoms with van der Waals surface area (Å²) in [6.07, 6.45) is 4.18. The normalized spacial score (nSPS) is 11.0. The van der Waals surface area contributed by atoms with Crippen molar-refractivity contribution in [1.82, 2.24) is 0 Å². The summed E-state index contributed by atoms with van der Waals surface area (Å²) in [6.45, 7) is 0. The maximum atomic E-state index is 3.44. The van der Waals surface area contributed by atoms with E-state index in [1.165, 1.54) is 9.35 Å². The monoisotopic (exact) mass is 280 g/mol. The van der Waals surface area contributed by atoms with Gasteiger partial charge in [0.1, 0.15) is 0 Å². The van der Waals surface area contributed by atoms with Gasteiger partial charge in [0.2, 0.25) is 0 Å². The Kier molecular flexibility index (Phi) is 3.66.